The second kappa shape index (κ2) is 11.4. The predicted octanol–water partition coefficient (Wildman–Crippen LogP) is 4.85. The first-order valence-corrected chi connectivity index (χ1v) is 13.2. The Morgan fingerprint density at radius 1 is 1.08 bits per heavy atom. The van der Waals surface area contributed by atoms with Crippen molar-refractivity contribution in [2.45, 2.75) is 32.5 Å². The Bertz CT molecular complexity index is 1440. The van der Waals surface area contributed by atoms with Gasteiger partial charge in [-0.15, -0.1) is 0 Å². The molecule has 196 valence electrons. The van der Waals surface area contributed by atoms with E-state index in [9.17, 15) is 9.59 Å². The topological polar surface area (TPSA) is 98.4 Å². The number of hydrogen-bond donors (Lipinski definition) is 3. The van der Waals surface area contributed by atoms with E-state index in [1.54, 1.807) is 30.6 Å². The second-order valence-electron chi connectivity index (χ2n) is 9.80. The van der Waals surface area contributed by atoms with E-state index in [1.165, 1.54) is 0 Å². The van der Waals surface area contributed by atoms with Gasteiger partial charge in [-0.05, 0) is 61.2 Å². The van der Waals surface area contributed by atoms with Crippen LogP contribution in [0.25, 0.3) is 16.7 Å². The molecule has 0 saturated carbocycles. The summed E-state index contributed by atoms with van der Waals surface area (Å²) in [7, 11) is 0. The van der Waals surface area contributed by atoms with Gasteiger partial charge in [0.1, 0.15) is 11.7 Å². The number of carbonyl (C=O) groups is 1. The van der Waals surface area contributed by atoms with Gasteiger partial charge in [-0.3, -0.25) is 9.59 Å². The van der Waals surface area contributed by atoms with E-state index in [2.05, 4.69) is 10.6 Å². The summed E-state index contributed by atoms with van der Waals surface area (Å²) in [5.41, 5.74) is 10.5. The van der Waals surface area contributed by atoms with E-state index in [4.69, 9.17) is 22.1 Å². The van der Waals surface area contributed by atoms with Crippen LogP contribution < -0.4 is 21.8 Å². The number of nitrogens with zero attached hydrogens (tertiary/aromatic N) is 1. The van der Waals surface area contributed by atoms with E-state index in [0.29, 0.717) is 22.2 Å². The lowest BCUT2D eigenvalue weighted by Crippen LogP contribution is -2.36. The molecule has 0 aliphatic carbocycles. The second-order valence-corrected chi connectivity index (χ2v) is 10.2. The SMILES string of the molecule is Cc1ccc(-c2cn(CC3CCOCC3)cc(C(=O)Nc3ccc(C4=C(Cl)C=CNC4N)cc3)c2=O)cc1. The quantitative estimate of drug-likeness (QED) is 0.423. The average molecular weight is 531 g/mol. The van der Waals surface area contributed by atoms with Crippen molar-refractivity contribution in [1.82, 2.24) is 9.88 Å². The number of halogens is 1. The molecular weight excluding hydrogens is 500 g/mol. The summed E-state index contributed by atoms with van der Waals surface area (Å²) in [4.78, 5) is 26.9. The van der Waals surface area contributed by atoms with E-state index >= 15 is 0 Å². The molecule has 1 fully saturated rings. The highest BCUT2D eigenvalue weighted by atomic mass is 35.5. The summed E-state index contributed by atoms with van der Waals surface area (Å²) < 4.78 is 7.48. The molecule has 3 aromatic rings. The number of aromatic nitrogens is 1. The summed E-state index contributed by atoms with van der Waals surface area (Å²) in [6.45, 7) is 4.19. The molecule has 0 bridgehead atoms. The largest absolute Gasteiger partial charge is 0.381 e. The molecule has 1 aromatic heterocycles. The van der Waals surface area contributed by atoms with Crippen LogP contribution in [-0.2, 0) is 11.3 Å². The molecular formula is C30H31ClN4O3. The zero-order valence-corrected chi connectivity index (χ0v) is 22.0. The number of carbonyl (C=O) groups excluding carboxylic acids is 1. The summed E-state index contributed by atoms with van der Waals surface area (Å²) in [6, 6.07) is 15.0. The predicted molar refractivity (Wildman–Crippen MR) is 152 cm³/mol. The molecule has 7 nitrogen and oxygen atoms in total. The third kappa shape index (κ3) is 5.75. The Hall–Kier alpha value is -3.65. The summed E-state index contributed by atoms with van der Waals surface area (Å²) in [5.74, 6) is -0.0224. The van der Waals surface area contributed by atoms with Crippen LogP contribution in [0.15, 0.2) is 83.0 Å². The Morgan fingerprint density at radius 2 is 1.76 bits per heavy atom. The number of nitrogens with one attached hydrogen (secondary N) is 2. The maximum atomic E-state index is 13.5. The first-order valence-electron chi connectivity index (χ1n) is 12.8. The van der Waals surface area contributed by atoms with E-state index in [-0.39, 0.29) is 11.0 Å². The fraction of sp³-hybridized carbons (Fsp3) is 0.267. The van der Waals surface area contributed by atoms with Crippen LogP contribution in [0.2, 0.25) is 0 Å². The van der Waals surface area contributed by atoms with Crippen LogP contribution in [-0.4, -0.2) is 29.9 Å². The van der Waals surface area contributed by atoms with Gasteiger partial charge in [-0.2, -0.15) is 0 Å². The van der Waals surface area contributed by atoms with Gasteiger partial charge in [0.2, 0.25) is 5.43 Å². The number of rotatable bonds is 6. The lowest BCUT2D eigenvalue weighted by Gasteiger charge is -2.23. The van der Waals surface area contributed by atoms with Crippen molar-refractivity contribution >= 4 is 28.8 Å². The highest BCUT2D eigenvalue weighted by Crippen LogP contribution is 2.28. The number of anilines is 1. The van der Waals surface area contributed by atoms with Gasteiger partial charge in [-0.25, -0.2) is 0 Å². The van der Waals surface area contributed by atoms with Gasteiger partial charge in [0, 0.05) is 54.0 Å². The highest BCUT2D eigenvalue weighted by molar-refractivity contribution is 6.34. The summed E-state index contributed by atoms with van der Waals surface area (Å²) in [6.07, 6.45) is 8.48. The molecule has 3 heterocycles. The Kier molecular flexibility index (Phi) is 7.79. The van der Waals surface area contributed by atoms with Crippen LogP contribution in [0.5, 0.6) is 0 Å². The number of benzene rings is 2. The van der Waals surface area contributed by atoms with Gasteiger partial charge in [0.25, 0.3) is 5.91 Å². The first-order chi connectivity index (χ1) is 18.4. The fourth-order valence-electron chi connectivity index (χ4n) is 4.86. The Labute approximate surface area is 227 Å². The first kappa shape index (κ1) is 26.0. The third-order valence-corrected chi connectivity index (χ3v) is 7.35. The molecule has 4 N–H and O–H groups in total. The summed E-state index contributed by atoms with van der Waals surface area (Å²) >= 11 is 6.35. The lowest BCUT2D eigenvalue weighted by atomic mass is 9.99. The maximum absolute atomic E-state index is 13.5. The van der Waals surface area contributed by atoms with E-state index in [0.717, 1.165) is 54.9 Å². The van der Waals surface area contributed by atoms with E-state index < -0.39 is 12.1 Å². The number of dihydropyridines is 1. The molecule has 38 heavy (non-hydrogen) atoms. The smallest absolute Gasteiger partial charge is 0.261 e. The van der Waals surface area contributed by atoms with E-state index in [1.807, 2.05) is 54.1 Å². The monoisotopic (exact) mass is 530 g/mol. The van der Waals surface area contributed by atoms with Crippen molar-refractivity contribution in [2.75, 3.05) is 18.5 Å². The standard InChI is InChI=1S/C30H31ClN4O3/c1-19-2-4-21(5-3-19)24-17-35(16-20-11-14-38-15-12-20)18-25(28(24)36)30(37)34-23-8-6-22(7-9-23)27-26(31)10-13-33-29(27)32/h2-10,13,17-18,20,29,33H,11-12,14-16,32H2,1H3,(H,34,37). The van der Waals surface area contributed by atoms with Gasteiger partial charge in [0.15, 0.2) is 0 Å². The van der Waals surface area contributed by atoms with Crippen LogP contribution in [0.1, 0.15) is 34.3 Å². The molecule has 1 atom stereocenters. The number of amides is 1. The number of aryl methyl sites for hydroxylation is 1. The number of nitrogens with two attached hydrogens (primary N) is 1. The molecule has 1 amide bonds. The van der Waals surface area contributed by atoms with Crippen molar-refractivity contribution in [3.05, 3.63) is 105 Å². The Morgan fingerprint density at radius 3 is 2.45 bits per heavy atom. The van der Waals surface area contributed by atoms with Crippen LogP contribution in [0.4, 0.5) is 5.69 Å². The van der Waals surface area contributed by atoms with Crippen molar-refractivity contribution in [2.24, 2.45) is 11.7 Å². The molecule has 2 aliphatic heterocycles. The summed E-state index contributed by atoms with van der Waals surface area (Å²) in [5, 5.41) is 6.48. The number of hydrogen-bond acceptors (Lipinski definition) is 5. The zero-order chi connectivity index (χ0) is 26.6. The third-order valence-electron chi connectivity index (χ3n) is 7.02. The number of allylic oxidation sites excluding steroid dienone is 2. The molecule has 2 aliphatic rings. The van der Waals surface area contributed by atoms with Crippen molar-refractivity contribution in [3.8, 4) is 11.1 Å². The molecule has 8 heteroatoms. The highest BCUT2D eigenvalue weighted by Gasteiger charge is 2.20. The molecule has 0 radical (unpaired) electrons. The maximum Gasteiger partial charge on any atom is 0.261 e. The Balaban J connectivity index is 1.44. The molecule has 1 unspecified atom stereocenters. The van der Waals surface area contributed by atoms with Crippen molar-refractivity contribution in [1.29, 1.82) is 0 Å². The minimum absolute atomic E-state index is 0.105. The van der Waals surface area contributed by atoms with Gasteiger partial charge in [0.05, 0.1) is 0 Å². The minimum atomic E-state index is -0.450. The molecule has 0 spiro atoms. The van der Waals surface area contributed by atoms with Gasteiger partial charge >= 0.3 is 0 Å². The van der Waals surface area contributed by atoms with Crippen molar-refractivity contribution in [3.63, 3.8) is 0 Å². The van der Waals surface area contributed by atoms with Crippen LogP contribution in [0, 0.1) is 12.8 Å². The number of ether oxygens (including phenoxy) is 1. The number of pyridine rings is 1. The molecule has 2 aromatic carbocycles. The minimum Gasteiger partial charge on any atom is -0.381 e. The van der Waals surface area contributed by atoms with Gasteiger partial charge < -0.3 is 25.7 Å². The van der Waals surface area contributed by atoms with Crippen molar-refractivity contribution < 1.29 is 9.53 Å². The zero-order valence-electron chi connectivity index (χ0n) is 21.2. The molecule has 1 saturated heterocycles. The van der Waals surface area contributed by atoms with Crippen LogP contribution >= 0.6 is 11.6 Å². The average Bonchev–Trinajstić information content (AvgIpc) is 2.91. The lowest BCUT2D eigenvalue weighted by molar-refractivity contribution is 0.0612. The fourth-order valence-corrected chi connectivity index (χ4v) is 5.15. The molecule has 5 rings (SSSR count). The van der Waals surface area contributed by atoms with Gasteiger partial charge in [-0.1, -0.05) is 53.6 Å². The van der Waals surface area contributed by atoms with Crippen LogP contribution in [0.3, 0.4) is 0 Å². The normalized spacial score (nSPS) is 17.8.